The van der Waals surface area contributed by atoms with Crippen LogP contribution in [0, 0.1) is 11.8 Å². The Morgan fingerprint density at radius 2 is 1.88 bits per heavy atom. The molecule has 0 aliphatic heterocycles. The second-order valence-electron chi connectivity index (χ2n) is 4.53. The van der Waals surface area contributed by atoms with E-state index in [1.807, 2.05) is 13.8 Å². The van der Waals surface area contributed by atoms with Gasteiger partial charge in [0.2, 0.25) is 5.91 Å². The van der Waals surface area contributed by atoms with Gasteiger partial charge in [-0.15, -0.1) is 0 Å². The molecule has 0 bridgehead atoms. The van der Waals surface area contributed by atoms with Crippen LogP contribution in [0.3, 0.4) is 0 Å². The molecule has 0 radical (unpaired) electrons. The Morgan fingerprint density at radius 3 is 2.19 bits per heavy atom. The lowest BCUT2D eigenvalue weighted by atomic mass is 9.84. The van der Waals surface area contributed by atoms with Gasteiger partial charge in [-0.3, -0.25) is 4.79 Å². The number of nitrogens with one attached hydrogen (secondary N) is 1. The predicted molar refractivity (Wildman–Crippen MR) is 61.0 cm³/mol. The Kier molecular flexibility index (Phi) is 4.77. The number of aliphatic carboxylic acids is 1. The third-order valence-corrected chi connectivity index (χ3v) is 3.56. The SMILES string of the molecule is CCC(CC)C(NC(=O)C1CCC1)C(=O)O. The summed E-state index contributed by atoms with van der Waals surface area (Å²) in [5.41, 5.74) is 0. The van der Waals surface area contributed by atoms with E-state index in [1.54, 1.807) is 0 Å². The number of rotatable bonds is 6. The lowest BCUT2D eigenvalue weighted by Gasteiger charge is -2.28. The van der Waals surface area contributed by atoms with Crippen LogP contribution >= 0.6 is 0 Å². The van der Waals surface area contributed by atoms with Crippen LogP contribution in [-0.4, -0.2) is 23.0 Å². The third-order valence-electron chi connectivity index (χ3n) is 3.56. The van der Waals surface area contributed by atoms with Gasteiger partial charge in [0.15, 0.2) is 0 Å². The molecule has 0 saturated heterocycles. The van der Waals surface area contributed by atoms with Gasteiger partial charge in [0.05, 0.1) is 0 Å². The van der Waals surface area contributed by atoms with E-state index in [0.29, 0.717) is 0 Å². The highest BCUT2D eigenvalue weighted by Gasteiger charge is 2.32. The van der Waals surface area contributed by atoms with E-state index in [9.17, 15) is 9.59 Å². The Balaban J connectivity index is 2.55. The summed E-state index contributed by atoms with van der Waals surface area (Å²) in [7, 11) is 0. The van der Waals surface area contributed by atoms with Crippen molar-refractivity contribution in [3.05, 3.63) is 0 Å². The molecule has 1 saturated carbocycles. The second-order valence-corrected chi connectivity index (χ2v) is 4.53. The first kappa shape index (κ1) is 13.0. The van der Waals surface area contributed by atoms with E-state index in [4.69, 9.17) is 5.11 Å². The first-order valence-electron chi connectivity index (χ1n) is 6.13. The molecule has 92 valence electrons. The van der Waals surface area contributed by atoms with E-state index < -0.39 is 12.0 Å². The molecule has 1 amide bonds. The Morgan fingerprint density at radius 1 is 1.31 bits per heavy atom. The van der Waals surface area contributed by atoms with Crippen LogP contribution in [0.5, 0.6) is 0 Å². The number of carboxylic acid groups (broad SMARTS) is 1. The summed E-state index contributed by atoms with van der Waals surface area (Å²) in [5.74, 6) is -0.912. The fourth-order valence-electron chi connectivity index (χ4n) is 2.08. The number of carbonyl (C=O) groups is 2. The Bertz CT molecular complexity index is 257. The van der Waals surface area contributed by atoms with Crippen molar-refractivity contribution in [2.75, 3.05) is 0 Å². The van der Waals surface area contributed by atoms with Gasteiger partial charge < -0.3 is 10.4 Å². The maximum atomic E-state index is 11.7. The van der Waals surface area contributed by atoms with Crippen molar-refractivity contribution in [1.29, 1.82) is 0 Å². The van der Waals surface area contributed by atoms with Gasteiger partial charge in [-0.1, -0.05) is 33.1 Å². The van der Waals surface area contributed by atoms with E-state index >= 15 is 0 Å². The van der Waals surface area contributed by atoms with Crippen LogP contribution in [0.4, 0.5) is 0 Å². The van der Waals surface area contributed by atoms with Crippen molar-refractivity contribution in [2.24, 2.45) is 11.8 Å². The predicted octanol–water partition coefficient (Wildman–Crippen LogP) is 1.79. The molecule has 0 heterocycles. The van der Waals surface area contributed by atoms with Crippen molar-refractivity contribution in [3.8, 4) is 0 Å². The minimum Gasteiger partial charge on any atom is -0.480 e. The summed E-state index contributed by atoms with van der Waals surface area (Å²) in [6.07, 6.45) is 4.44. The van der Waals surface area contributed by atoms with Crippen LogP contribution in [0.25, 0.3) is 0 Å². The van der Waals surface area contributed by atoms with Crippen LogP contribution in [0.15, 0.2) is 0 Å². The summed E-state index contributed by atoms with van der Waals surface area (Å²) in [6.45, 7) is 3.92. The Hall–Kier alpha value is -1.06. The average molecular weight is 227 g/mol. The number of carbonyl (C=O) groups excluding carboxylic acids is 1. The number of hydrogen-bond donors (Lipinski definition) is 2. The molecule has 1 aliphatic carbocycles. The monoisotopic (exact) mass is 227 g/mol. The smallest absolute Gasteiger partial charge is 0.326 e. The molecule has 0 aromatic rings. The quantitative estimate of drug-likeness (QED) is 0.727. The van der Waals surface area contributed by atoms with Crippen molar-refractivity contribution >= 4 is 11.9 Å². The fourth-order valence-corrected chi connectivity index (χ4v) is 2.08. The molecule has 1 unspecified atom stereocenters. The number of amides is 1. The average Bonchev–Trinajstić information content (AvgIpc) is 2.15. The molecule has 1 atom stereocenters. The van der Waals surface area contributed by atoms with E-state index in [1.165, 1.54) is 0 Å². The summed E-state index contributed by atoms with van der Waals surface area (Å²) in [5, 5.41) is 11.8. The van der Waals surface area contributed by atoms with Crippen molar-refractivity contribution in [2.45, 2.75) is 52.0 Å². The minimum atomic E-state index is -0.915. The van der Waals surface area contributed by atoms with Crippen LogP contribution in [-0.2, 0) is 9.59 Å². The van der Waals surface area contributed by atoms with Crippen LogP contribution in [0.2, 0.25) is 0 Å². The molecular formula is C12H21NO3. The van der Waals surface area contributed by atoms with Gasteiger partial charge in [-0.05, 0) is 18.8 Å². The summed E-state index contributed by atoms with van der Waals surface area (Å²) < 4.78 is 0. The molecule has 4 heteroatoms. The number of carboxylic acids is 1. The normalized spacial score (nSPS) is 17.9. The standard InChI is InChI=1S/C12H21NO3/c1-3-8(4-2)10(12(15)16)13-11(14)9-6-5-7-9/h8-10H,3-7H2,1-2H3,(H,13,14)(H,15,16). The zero-order chi connectivity index (χ0) is 12.1. The molecule has 16 heavy (non-hydrogen) atoms. The van der Waals surface area contributed by atoms with Gasteiger partial charge in [-0.2, -0.15) is 0 Å². The molecule has 0 aromatic carbocycles. The summed E-state index contributed by atoms with van der Waals surface area (Å²) in [6, 6.07) is -0.719. The Labute approximate surface area is 96.4 Å². The van der Waals surface area contributed by atoms with Crippen molar-refractivity contribution < 1.29 is 14.7 Å². The fraction of sp³-hybridized carbons (Fsp3) is 0.833. The highest BCUT2D eigenvalue weighted by atomic mass is 16.4. The summed E-state index contributed by atoms with van der Waals surface area (Å²) in [4.78, 5) is 22.8. The van der Waals surface area contributed by atoms with Gasteiger partial charge in [0, 0.05) is 5.92 Å². The van der Waals surface area contributed by atoms with Crippen LogP contribution in [0.1, 0.15) is 46.0 Å². The zero-order valence-corrected chi connectivity index (χ0v) is 10.0. The maximum absolute atomic E-state index is 11.7. The van der Waals surface area contributed by atoms with Gasteiger partial charge in [-0.25, -0.2) is 4.79 Å². The molecule has 1 aliphatic rings. The van der Waals surface area contributed by atoms with Gasteiger partial charge >= 0.3 is 5.97 Å². The lowest BCUT2D eigenvalue weighted by Crippen LogP contribution is -2.48. The molecule has 1 fully saturated rings. The molecule has 0 spiro atoms. The van der Waals surface area contributed by atoms with E-state index in [2.05, 4.69) is 5.32 Å². The first-order valence-corrected chi connectivity index (χ1v) is 6.13. The third kappa shape index (κ3) is 2.97. The molecular weight excluding hydrogens is 206 g/mol. The second kappa shape index (κ2) is 5.87. The lowest BCUT2D eigenvalue weighted by molar-refractivity contribution is -0.144. The van der Waals surface area contributed by atoms with E-state index in [0.717, 1.165) is 32.1 Å². The van der Waals surface area contributed by atoms with Gasteiger partial charge in [0.25, 0.3) is 0 Å². The highest BCUT2D eigenvalue weighted by molar-refractivity contribution is 5.85. The minimum absolute atomic E-state index is 0.0292. The zero-order valence-electron chi connectivity index (χ0n) is 10.0. The van der Waals surface area contributed by atoms with Crippen molar-refractivity contribution in [1.82, 2.24) is 5.32 Å². The van der Waals surface area contributed by atoms with E-state index in [-0.39, 0.29) is 17.7 Å². The highest BCUT2D eigenvalue weighted by Crippen LogP contribution is 2.27. The number of hydrogen-bond acceptors (Lipinski definition) is 2. The molecule has 2 N–H and O–H groups in total. The maximum Gasteiger partial charge on any atom is 0.326 e. The van der Waals surface area contributed by atoms with Crippen LogP contribution < -0.4 is 5.32 Å². The largest absolute Gasteiger partial charge is 0.480 e. The van der Waals surface area contributed by atoms with Crippen molar-refractivity contribution in [3.63, 3.8) is 0 Å². The van der Waals surface area contributed by atoms with Gasteiger partial charge in [0.1, 0.15) is 6.04 Å². The first-order chi connectivity index (χ1) is 7.60. The molecule has 4 nitrogen and oxygen atoms in total. The molecule has 1 rings (SSSR count). The summed E-state index contributed by atoms with van der Waals surface area (Å²) >= 11 is 0. The molecule has 0 aromatic heterocycles. The topological polar surface area (TPSA) is 66.4 Å².